The Bertz CT molecular complexity index is 491. The van der Waals surface area contributed by atoms with Crippen molar-refractivity contribution in [3.05, 3.63) is 35.9 Å². The quantitative estimate of drug-likeness (QED) is 0.917. The first kappa shape index (κ1) is 14.6. The Morgan fingerprint density at radius 3 is 2.50 bits per heavy atom. The maximum absolute atomic E-state index is 12.0. The molecule has 1 aliphatic heterocycles. The first-order chi connectivity index (χ1) is 9.38. The molecule has 20 heavy (non-hydrogen) atoms. The number of carbonyl (C=O) groups excluding carboxylic acids is 2. The molecule has 1 N–H and O–H groups in total. The number of carbonyl (C=O) groups is 2. The minimum Gasteiger partial charge on any atom is -0.352 e. The molecule has 2 rings (SSSR count). The summed E-state index contributed by atoms with van der Waals surface area (Å²) < 4.78 is 0. The van der Waals surface area contributed by atoms with Gasteiger partial charge in [0.2, 0.25) is 5.91 Å². The Balaban J connectivity index is 1.87. The lowest BCUT2D eigenvalue weighted by Gasteiger charge is -2.32. The van der Waals surface area contributed by atoms with Crippen LogP contribution < -0.4 is 5.32 Å². The highest BCUT2D eigenvalue weighted by Crippen LogP contribution is 2.25. The van der Waals surface area contributed by atoms with Crippen molar-refractivity contribution in [2.24, 2.45) is 5.92 Å². The molecule has 1 saturated heterocycles. The van der Waals surface area contributed by atoms with Crippen molar-refractivity contribution in [3.8, 4) is 0 Å². The van der Waals surface area contributed by atoms with E-state index in [1.54, 1.807) is 12.1 Å². The number of likely N-dealkylation sites (tertiary alicyclic amines) is 1. The smallest absolute Gasteiger partial charge is 0.251 e. The number of benzene rings is 1. The topological polar surface area (TPSA) is 49.4 Å². The zero-order valence-corrected chi connectivity index (χ0v) is 12.3. The summed E-state index contributed by atoms with van der Waals surface area (Å²) in [5.41, 5.74) is 0.513. The number of hydrogen-bond donors (Lipinski definition) is 1. The highest BCUT2D eigenvalue weighted by molar-refractivity contribution is 5.94. The average molecular weight is 274 g/mol. The highest BCUT2D eigenvalue weighted by atomic mass is 16.2. The molecule has 0 spiro atoms. The van der Waals surface area contributed by atoms with Gasteiger partial charge in [-0.25, -0.2) is 0 Å². The molecule has 1 heterocycles. The molecule has 4 heteroatoms. The first-order valence-electron chi connectivity index (χ1n) is 7.01. The van der Waals surface area contributed by atoms with E-state index in [0.717, 1.165) is 6.54 Å². The maximum atomic E-state index is 12.0. The lowest BCUT2D eigenvalue weighted by atomic mass is 10.1. The summed E-state index contributed by atoms with van der Waals surface area (Å²) >= 11 is 0. The van der Waals surface area contributed by atoms with Crippen LogP contribution in [0.2, 0.25) is 0 Å². The minimum atomic E-state index is -0.144. The molecule has 108 valence electrons. The molecule has 0 radical (unpaired) electrons. The fourth-order valence-corrected chi connectivity index (χ4v) is 2.50. The van der Waals surface area contributed by atoms with Crippen LogP contribution in [0, 0.1) is 5.92 Å². The van der Waals surface area contributed by atoms with Crippen molar-refractivity contribution >= 4 is 11.8 Å². The van der Waals surface area contributed by atoms with Crippen LogP contribution in [0.1, 0.15) is 37.6 Å². The summed E-state index contributed by atoms with van der Waals surface area (Å²) in [5, 5.41) is 2.92. The van der Waals surface area contributed by atoms with Crippen LogP contribution in [-0.2, 0) is 4.79 Å². The van der Waals surface area contributed by atoms with Gasteiger partial charge in [0.1, 0.15) is 0 Å². The summed E-state index contributed by atoms with van der Waals surface area (Å²) in [4.78, 5) is 25.8. The molecular weight excluding hydrogens is 252 g/mol. The molecule has 1 fully saturated rings. The Morgan fingerprint density at radius 1 is 1.30 bits per heavy atom. The Kier molecular flexibility index (Phi) is 4.12. The van der Waals surface area contributed by atoms with E-state index in [2.05, 4.69) is 5.32 Å². The standard InChI is InChI=1S/C16H22N2O2/c1-16(2,3)18-11-12(9-14(18)19)10-17-15(20)13-7-5-4-6-8-13/h4-8,12H,9-11H2,1-3H3,(H,17,20). The largest absolute Gasteiger partial charge is 0.352 e. The summed E-state index contributed by atoms with van der Waals surface area (Å²) in [7, 11) is 0. The van der Waals surface area contributed by atoms with Crippen molar-refractivity contribution in [2.75, 3.05) is 13.1 Å². The van der Waals surface area contributed by atoms with Crippen LogP contribution >= 0.6 is 0 Å². The number of nitrogens with one attached hydrogen (secondary N) is 1. The molecule has 4 nitrogen and oxygen atoms in total. The number of nitrogens with zero attached hydrogens (tertiary/aromatic N) is 1. The Hall–Kier alpha value is -1.84. The summed E-state index contributed by atoms with van der Waals surface area (Å²) in [6.07, 6.45) is 0.520. The second kappa shape index (κ2) is 5.65. The predicted octanol–water partition coefficient (Wildman–Crippen LogP) is 2.06. The van der Waals surface area contributed by atoms with E-state index >= 15 is 0 Å². The van der Waals surface area contributed by atoms with Crippen LogP contribution in [0.4, 0.5) is 0 Å². The number of hydrogen-bond acceptors (Lipinski definition) is 2. The normalized spacial score (nSPS) is 19.2. The highest BCUT2D eigenvalue weighted by Gasteiger charge is 2.36. The third-order valence-electron chi connectivity index (χ3n) is 3.60. The van der Waals surface area contributed by atoms with Gasteiger partial charge in [0.25, 0.3) is 5.91 Å². The second-order valence-electron chi connectivity index (χ2n) is 6.32. The maximum Gasteiger partial charge on any atom is 0.251 e. The van der Waals surface area contributed by atoms with Crippen molar-refractivity contribution in [1.29, 1.82) is 0 Å². The van der Waals surface area contributed by atoms with Gasteiger partial charge in [0.15, 0.2) is 0 Å². The molecular formula is C16H22N2O2. The molecule has 0 bridgehead atoms. The molecule has 1 aromatic carbocycles. The van der Waals surface area contributed by atoms with E-state index in [1.165, 1.54) is 0 Å². The van der Waals surface area contributed by atoms with E-state index < -0.39 is 0 Å². The molecule has 0 aliphatic carbocycles. The number of rotatable bonds is 3. The lowest BCUT2D eigenvalue weighted by Crippen LogP contribution is -2.42. The minimum absolute atomic E-state index is 0.0766. The van der Waals surface area contributed by atoms with Crippen LogP contribution in [0.25, 0.3) is 0 Å². The predicted molar refractivity (Wildman–Crippen MR) is 78.3 cm³/mol. The molecule has 1 unspecified atom stereocenters. The molecule has 0 aromatic heterocycles. The van der Waals surface area contributed by atoms with Crippen LogP contribution in [-0.4, -0.2) is 35.3 Å². The fourth-order valence-electron chi connectivity index (χ4n) is 2.50. The molecule has 2 amide bonds. The van der Waals surface area contributed by atoms with Crippen molar-refractivity contribution in [1.82, 2.24) is 10.2 Å². The molecule has 0 saturated carbocycles. The van der Waals surface area contributed by atoms with E-state index in [9.17, 15) is 9.59 Å². The third-order valence-corrected chi connectivity index (χ3v) is 3.60. The third kappa shape index (κ3) is 3.38. The first-order valence-corrected chi connectivity index (χ1v) is 7.01. The van der Waals surface area contributed by atoms with Gasteiger partial charge < -0.3 is 10.2 Å². The Morgan fingerprint density at radius 2 is 1.95 bits per heavy atom. The number of amides is 2. The van der Waals surface area contributed by atoms with Gasteiger partial charge in [-0.15, -0.1) is 0 Å². The van der Waals surface area contributed by atoms with Gasteiger partial charge in [0.05, 0.1) is 0 Å². The fraction of sp³-hybridized carbons (Fsp3) is 0.500. The van der Waals surface area contributed by atoms with Gasteiger partial charge in [0, 0.05) is 36.5 Å². The van der Waals surface area contributed by atoms with Crippen molar-refractivity contribution in [3.63, 3.8) is 0 Å². The summed E-state index contributed by atoms with van der Waals surface area (Å²) in [5.74, 6) is 0.304. The van der Waals surface area contributed by atoms with Crippen LogP contribution in [0.3, 0.4) is 0 Å². The van der Waals surface area contributed by atoms with E-state index in [0.29, 0.717) is 18.5 Å². The molecule has 1 aromatic rings. The van der Waals surface area contributed by atoms with Gasteiger partial charge in [-0.05, 0) is 32.9 Å². The monoisotopic (exact) mass is 274 g/mol. The average Bonchev–Trinajstić information content (AvgIpc) is 2.78. The van der Waals surface area contributed by atoms with Crippen molar-refractivity contribution in [2.45, 2.75) is 32.7 Å². The second-order valence-corrected chi connectivity index (χ2v) is 6.32. The SMILES string of the molecule is CC(C)(C)N1CC(CNC(=O)c2ccccc2)CC1=O. The van der Waals surface area contributed by atoms with E-state index in [-0.39, 0.29) is 23.3 Å². The van der Waals surface area contributed by atoms with Gasteiger partial charge >= 0.3 is 0 Å². The summed E-state index contributed by atoms with van der Waals surface area (Å²) in [6, 6.07) is 9.14. The molecule has 1 atom stereocenters. The Labute approximate surface area is 120 Å². The van der Waals surface area contributed by atoms with Crippen molar-refractivity contribution < 1.29 is 9.59 Å². The zero-order valence-electron chi connectivity index (χ0n) is 12.3. The van der Waals surface area contributed by atoms with Gasteiger partial charge in [-0.2, -0.15) is 0 Å². The molecule has 1 aliphatic rings. The van der Waals surface area contributed by atoms with Crippen LogP contribution in [0.5, 0.6) is 0 Å². The van der Waals surface area contributed by atoms with Gasteiger partial charge in [-0.1, -0.05) is 18.2 Å². The van der Waals surface area contributed by atoms with Crippen LogP contribution in [0.15, 0.2) is 30.3 Å². The van der Waals surface area contributed by atoms with Gasteiger partial charge in [-0.3, -0.25) is 9.59 Å². The van der Waals surface area contributed by atoms with E-state index in [4.69, 9.17) is 0 Å². The van der Waals surface area contributed by atoms with E-state index in [1.807, 2.05) is 43.9 Å². The lowest BCUT2D eigenvalue weighted by molar-refractivity contribution is -0.131. The summed E-state index contributed by atoms with van der Waals surface area (Å²) in [6.45, 7) is 7.38. The zero-order chi connectivity index (χ0) is 14.8.